The highest BCUT2D eigenvalue weighted by atomic mass is 19.4. The zero-order valence-corrected chi connectivity index (χ0v) is 20.2. The van der Waals surface area contributed by atoms with Gasteiger partial charge in [0.1, 0.15) is 5.82 Å². The summed E-state index contributed by atoms with van der Waals surface area (Å²) >= 11 is 0. The maximum atomic E-state index is 12.9. The van der Waals surface area contributed by atoms with Gasteiger partial charge in [0.2, 0.25) is 11.9 Å². The molecule has 1 heterocycles. The van der Waals surface area contributed by atoms with E-state index in [0.29, 0.717) is 23.9 Å². The summed E-state index contributed by atoms with van der Waals surface area (Å²) in [5.41, 5.74) is 9.09. The van der Waals surface area contributed by atoms with E-state index in [4.69, 9.17) is 5.73 Å². The van der Waals surface area contributed by atoms with Crippen molar-refractivity contribution in [3.05, 3.63) is 102 Å². The second kappa shape index (κ2) is 11.5. The lowest BCUT2D eigenvalue weighted by Crippen LogP contribution is -2.13. The van der Waals surface area contributed by atoms with E-state index in [9.17, 15) is 18.0 Å². The average molecular weight is 519 g/mol. The predicted octanol–water partition coefficient (Wildman–Crippen LogP) is 6.78. The smallest absolute Gasteiger partial charge is 0.398 e. The first kappa shape index (κ1) is 26.2. The summed E-state index contributed by atoms with van der Waals surface area (Å²) in [5, 5.41) is 8.87. The van der Waals surface area contributed by atoms with Gasteiger partial charge in [0, 0.05) is 40.9 Å². The Balaban J connectivity index is 1.32. The summed E-state index contributed by atoms with van der Waals surface area (Å²) in [5.74, 6) is 0.580. The highest BCUT2D eigenvalue weighted by Gasteiger charge is 2.30. The van der Waals surface area contributed by atoms with Crippen molar-refractivity contribution >= 4 is 46.5 Å². The molecular weight excluding hydrogens is 493 g/mol. The summed E-state index contributed by atoms with van der Waals surface area (Å²) < 4.78 is 38.6. The number of carbonyl (C=O) groups excluding carboxylic acids is 1. The molecule has 1 aromatic heterocycles. The number of nitrogens with one attached hydrogen (secondary N) is 3. The fourth-order valence-electron chi connectivity index (χ4n) is 3.68. The van der Waals surface area contributed by atoms with Gasteiger partial charge in [-0.25, -0.2) is 4.98 Å². The standard InChI is InChI=1S/C28H25F3N6O/c1-2-22-23(32)7-4-8-24(22)36-25-15-16-33-27(37-25)35-20-12-9-18(10-13-20)11-14-26(38)34-21-6-3-5-19(17-21)28(29,30)31/h2-10,12-13,15-17H,1,11,14,32H2,(H,34,38)(H2,33,35,36,37). The Morgan fingerprint density at radius 1 is 0.974 bits per heavy atom. The molecule has 3 aromatic carbocycles. The van der Waals surface area contributed by atoms with Crippen LogP contribution in [-0.2, 0) is 17.4 Å². The molecule has 0 atom stereocenters. The lowest BCUT2D eigenvalue weighted by Gasteiger charge is -2.12. The van der Waals surface area contributed by atoms with Crippen molar-refractivity contribution in [1.29, 1.82) is 0 Å². The number of alkyl halides is 3. The quantitative estimate of drug-likeness (QED) is 0.182. The molecule has 0 fully saturated rings. The molecule has 38 heavy (non-hydrogen) atoms. The Morgan fingerprint density at radius 2 is 1.74 bits per heavy atom. The Kier molecular flexibility index (Phi) is 7.91. The zero-order valence-electron chi connectivity index (χ0n) is 20.2. The first-order chi connectivity index (χ1) is 18.2. The monoisotopic (exact) mass is 518 g/mol. The molecule has 0 saturated carbocycles. The highest BCUT2D eigenvalue weighted by molar-refractivity contribution is 5.91. The fourth-order valence-corrected chi connectivity index (χ4v) is 3.68. The molecule has 0 aliphatic carbocycles. The Bertz CT molecular complexity index is 1440. The first-order valence-electron chi connectivity index (χ1n) is 11.7. The maximum absolute atomic E-state index is 12.9. The third-order valence-corrected chi connectivity index (χ3v) is 5.59. The van der Waals surface area contributed by atoms with Gasteiger partial charge in [0.15, 0.2) is 0 Å². The number of hydrogen-bond donors (Lipinski definition) is 4. The maximum Gasteiger partial charge on any atom is 0.416 e. The Hall–Kier alpha value is -4.86. The molecule has 0 saturated heterocycles. The molecule has 7 nitrogen and oxygen atoms in total. The van der Waals surface area contributed by atoms with E-state index in [1.807, 2.05) is 36.4 Å². The molecule has 0 aliphatic heterocycles. The molecular formula is C28H25F3N6O. The van der Waals surface area contributed by atoms with Gasteiger partial charge in [0.05, 0.1) is 5.56 Å². The van der Waals surface area contributed by atoms with Crippen LogP contribution in [0.3, 0.4) is 0 Å². The number of nitrogens with zero attached hydrogens (tertiary/aromatic N) is 2. The molecule has 4 aromatic rings. The number of aromatic nitrogens is 2. The van der Waals surface area contributed by atoms with Crippen LogP contribution in [0.1, 0.15) is 23.1 Å². The summed E-state index contributed by atoms with van der Waals surface area (Å²) in [4.78, 5) is 21.0. The second-order valence-corrected chi connectivity index (χ2v) is 8.35. The lowest BCUT2D eigenvalue weighted by molar-refractivity contribution is -0.137. The summed E-state index contributed by atoms with van der Waals surface area (Å²) in [6.07, 6.45) is -0.627. The number of rotatable bonds is 9. The van der Waals surface area contributed by atoms with Gasteiger partial charge in [-0.15, -0.1) is 0 Å². The molecule has 0 unspecified atom stereocenters. The summed E-state index contributed by atoms with van der Waals surface area (Å²) in [6, 6.07) is 19.2. The number of halogens is 3. The van der Waals surface area contributed by atoms with Gasteiger partial charge >= 0.3 is 6.18 Å². The third kappa shape index (κ3) is 6.88. The molecule has 0 aliphatic rings. The van der Waals surface area contributed by atoms with Crippen LogP contribution in [0.15, 0.2) is 85.6 Å². The normalized spacial score (nSPS) is 11.0. The van der Waals surface area contributed by atoms with E-state index in [-0.39, 0.29) is 18.0 Å². The number of amides is 1. The van der Waals surface area contributed by atoms with E-state index in [1.54, 1.807) is 24.4 Å². The van der Waals surface area contributed by atoms with Crippen molar-refractivity contribution in [3.63, 3.8) is 0 Å². The van der Waals surface area contributed by atoms with Gasteiger partial charge in [-0.3, -0.25) is 4.79 Å². The lowest BCUT2D eigenvalue weighted by atomic mass is 10.1. The number of nitrogen functional groups attached to an aromatic ring is 1. The molecule has 4 rings (SSSR count). The minimum absolute atomic E-state index is 0.109. The van der Waals surface area contributed by atoms with E-state index in [1.165, 1.54) is 12.1 Å². The van der Waals surface area contributed by atoms with Gasteiger partial charge in [0.25, 0.3) is 0 Å². The van der Waals surface area contributed by atoms with Gasteiger partial charge < -0.3 is 21.7 Å². The zero-order chi connectivity index (χ0) is 27.1. The number of hydrogen-bond acceptors (Lipinski definition) is 6. The third-order valence-electron chi connectivity index (χ3n) is 5.59. The number of aryl methyl sites for hydroxylation is 1. The van der Waals surface area contributed by atoms with Crippen molar-refractivity contribution in [3.8, 4) is 0 Å². The number of nitrogens with two attached hydrogens (primary N) is 1. The molecule has 0 spiro atoms. The van der Waals surface area contributed by atoms with Crippen LogP contribution in [0.4, 0.5) is 47.7 Å². The van der Waals surface area contributed by atoms with Crippen molar-refractivity contribution in [2.75, 3.05) is 21.7 Å². The minimum atomic E-state index is -4.47. The van der Waals surface area contributed by atoms with Crippen molar-refractivity contribution in [2.45, 2.75) is 19.0 Å². The fraction of sp³-hybridized carbons (Fsp3) is 0.107. The van der Waals surface area contributed by atoms with Gasteiger partial charge in [-0.05, 0) is 60.5 Å². The SMILES string of the molecule is C=Cc1c(N)cccc1Nc1ccnc(Nc2ccc(CCC(=O)Nc3cccc(C(F)(F)F)c3)cc2)n1. The molecule has 10 heteroatoms. The van der Waals surface area contributed by atoms with Crippen LogP contribution in [-0.4, -0.2) is 15.9 Å². The van der Waals surface area contributed by atoms with E-state index in [2.05, 4.69) is 32.5 Å². The van der Waals surface area contributed by atoms with Crippen molar-refractivity contribution in [2.24, 2.45) is 0 Å². The van der Waals surface area contributed by atoms with E-state index < -0.39 is 11.7 Å². The molecule has 0 bridgehead atoms. The van der Waals surface area contributed by atoms with E-state index >= 15 is 0 Å². The van der Waals surface area contributed by atoms with Gasteiger partial charge in [-0.1, -0.05) is 36.9 Å². The van der Waals surface area contributed by atoms with E-state index in [0.717, 1.165) is 34.6 Å². The highest BCUT2D eigenvalue weighted by Crippen LogP contribution is 2.31. The molecule has 5 N–H and O–H groups in total. The van der Waals surface area contributed by atoms with Crippen LogP contribution in [0, 0.1) is 0 Å². The van der Waals surface area contributed by atoms with Crippen LogP contribution >= 0.6 is 0 Å². The Labute approximate surface area is 217 Å². The topological polar surface area (TPSA) is 105 Å². The van der Waals surface area contributed by atoms with Crippen molar-refractivity contribution < 1.29 is 18.0 Å². The van der Waals surface area contributed by atoms with Crippen LogP contribution in [0.25, 0.3) is 6.08 Å². The van der Waals surface area contributed by atoms with Crippen LogP contribution in [0.2, 0.25) is 0 Å². The molecule has 1 amide bonds. The molecule has 0 radical (unpaired) electrons. The predicted molar refractivity (Wildman–Crippen MR) is 144 cm³/mol. The second-order valence-electron chi connectivity index (χ2n) is 8.35. The van der Waals surface area contributed by atoms with Gasteiger partial charge in [-0.2, -0.15) is 18.2 Å². The van der Waals surface area contributed by atoms with Crippen LogP contribution in [0.5, 0.6) is 0 Å². The van der Waals surface area contributed by atoms with Crippen molar-refractivity contribution in [1.82, 2.24) is 9.97 Å². The average Bonchev–Trinajstić information content (AvgIpc) is 2.88. The van der Waals surface area contributed by atoms with Crippen LogP contribution < -0.4 is 21.7 Å². The first-order valence-corrected chi connectivity index (χ1v) is 11.7. The minimum Gasteiger partial charge on any atom is -0.398 e. The number of carbonyl (C=O) groups is 1. The summed E-state index contributed by atoms with van der Waals surface area (Å²) in [7, 11) is 0. The largest absolute Gasteiger partial charge is 0.416 e. The molecule has 194 valence electrons. The number of anilines is 6. The number of benzene rings is 3. The summed E-state index contributed by atoms with van der Waals surface area (Å²) in [6.45, 7) is 3.80. The Morgan fingerprint density at radius 3 is 2.47 bits per heavy atom.